The molecule has 6 heteroatoms. The normalized spacial score (nSPS) is 11.4. The Kier molecular flexibility index (Phi) is 6.60. The Bertz CT molecular complexity index is 953. The van der Waals surface area contributed by atoms with E-state index in [2.05, 4.69) is 5.32 Å². The molecule has 3 aromatic carbocycles. The highest BCUT2D eigenvalue weighted by atomic mass is 16.5. The molecule has 0 fully saturated rings. The zero-order chi connectivity index (χ0) is 20.6. The summed E-state index contributed by atoms with van der Waals surface area (Å²) in [5, 5.41) is 11.7. The predicted octanol–water partition coefficient (Wildman–Crippen LogP) is 4.16. The molecule has 0 aromatic heterocycles. The lowest BCUT2D eigenvalue weighted by Crippen LogP contribution is -2.30. The fraction of sp³-hybridized carbons (Fsp3) is 0.130. The van der Waals surface area contributed by atoms with Crippen LogP contribution in [0.2, 0.25) is 0 Å². The molecule has 1 amide bonds. The Hall–Kier alpha value is -3.64. The second-order valence-corrected chi connectivity index (χ2v) is 6.33. The third-order valence-electron chi connectivity index (χ3n) is 4.13. The molecule has 29 heavy (non-hydrogen) atoms. The maximum absolute atomic E-state index is 12.3. The smallest absolute Gasteiger partial charge is 0.338 e. The number of carbonyl (C=O) groups excluding carboxylic acids is 2. The minimum absolute atomic E-state index is 0.108. The molecule has 2 N–H and O–H groups in total. The molecule has 1 atom stereocenters. The van der Waals surface area contributed by atoms with Gasteiger partial charge in [0.2, 0.25) is 0 Å². The minimum atomic E-state index is -0.972. The standard InChI is InChI=1S/C23H21NO5/c1-16(28-23(27)18-9-7-17(15-25)8-10-18)22(26)24-19-11-13-21(14-12-19)29-20-5-3-2-4-6-20/h2-14,16,25H,15H2,1H3,(H,24,26)/t16-/m1/s1. The first kappa shape index (κ1) is 20.1. The summed E-state index contributed by atoms with van der Waals surface area (Å²) in [5.74, 6) is 0.308. The zero-order valence-corrected chi connectivity index (χ0v) is 15.9. The van der Waals surface area contributed by atoms with Gasteiger partial charge in [0.1, 0.15) is 11.5 Å². The van der Waals surface area contributed by atoms with Crippen LogP contribution in [0.1, 0.15) is 22.8 Å². The van der Waals surface area contributed by atoms with Gasteiger partial charge in [-0.15, -0.1) is 0 Å². The molecule has 0 heterocycles. The van der Waals surface area contributed by atoms with Gasteiger partial charge in [-0.3, -0.25) is 4.79 Å². The molecule has 0 aliphatic rings. The first-order valence-corrected chi connectivity index (χ1v) is 9.10. The van der Waals surface area contributed by atoms with Crippen LogP contribution in [0.4, 0.5) is 5.69 Å². The fourth-order valence-corrected chi connectivity index (χ4v) is 2.50. The van der Waals surface area contributed by atoms with Crippen LogP contribution in [0.25, 0.3) is 0 Å². The van der Waals surface area contributed by atoms with Gasteiger partial charge in [-0.25, -0.2) is 4.79 Å². The fourth-order valence-electron chi connectivity index (χ4n) is 2.50. The molecule has 0 saturated heterocycles. The SMILES string of the molecule is C[C@@H](OC(=O)c1ccc(CO)cc1)C(=O)Nc1ccc(Oc2ccccc2)cc1. The number of ether oxygens (including phenoxy) is 2. The Morgan fingerprint density at radius 3 is 2.14 bits per heavy atom. The zero-order valence-electron chi connectivity index (χ0n) is 15.9. The molecule has 6 nitrogen and oxygen atoms in total. The molecule has 0 unspecified atom stereocenters. The van der Waals surface area contributed by atoms with Crippen LogP contribution in [0, 0.1) is 0 Å². The van der Waals surface area contributed by atoms with E-state index < -0.39 is 18.0 Å². The van der Waals surface area contributed by atoms with Gasteiger partial charge < -0.3 is 19.9 Å². The number of aliphatic hydroxyl groups is 1. The van der Waals surface area contributed by atoms with Crippen LogP contribution in [-0.2, 0) is 16.1 Å². The highest BCUT2D eigenvalue weighted by molar-refractivity contribution is 5.97. The Balaban J connectivity index is 1.54. The van der Waals surface area contributed by atoms with Crippen LogP contribution in [0.5, 0.6) is 11.5 Å². The lowest BCUT2D eigenvalue weighted by Gasteiger charge is -2.14. The summed E-state index contributed by atoms with van der Waals surface area (Å²) >= 11 is 0. The summed E-state index contributed by atoms with van der Waals surface area (Å²) in [7, 11) is 0. The van der Waals surface area contributed by atoms with Gasteiger partial charge in [0.25, 0.3) is 5.91 Å². The Labute approximate surface area is 168 Å². The highest BCUT2D eigenvalue weighted by Gasteiger charge is 2.19. The summed E-state index contributed by atoms with van der Waals surface area (Å²) in [5.41, 5.74) is 1.56. The van der Waals surface area contributed by atoms with E-state index in [1.54, 1.807) is 48.5 Å². The molecular formula is C23H21NO5. The summed E-state index contributed by atoms with van der Waals surface area (Å²) in [6, 6.07) is 22.6. The molecule has 3 rings (SSSR count). The second-order valence-electron chi connectivity index (χ2n) is 6.33. The summed E-state index contributed by atoms with van der Waals surface area (Å²) in [4.78, 5) is 24.5. The van der Waals surface area contributed by atoms with Crippen LogP contribution < -0.4 is 10.1 Å². The number of anilines is 1. The quantitative estimate of drug-likeness (QED) is 0.591. The van der Waals surface area contributed by atoms with E-state index in [-0.39, 0.29) is 6.61 Å². The first-order valence-electron chi connectivity index (χ1n) is 9.10. The third-order valence-corrected chi connectivity index (χ3v) is 4.13. The Morgan fingerprint density at radius 2 is 1.52 bits per heavy atom. The number of amides is 1. The average molecular weight is 391 g/mol. The van der Waals surface area contributed by atoms with Crippen molar-refractivity contribution in [2.24, 2.45) is 0 Å². The molecule has 0 spiro atoms. The predicted molar refractivity (Wildman–Crippen MR) is 109 cm³/mol. The van der Waals surface area contributed by atoms with Crippen molar-refractivity contribution < 1.29 is 24.2 Å². The van der Waals surface area contributed by atoms with E-state index in [0.29, 0.717) is 22.6 Å². The molecule has 0 aliphatic heterocycles. The van der Waals surface area contributed by atoms with Crippen LogP contribution in [0.15, 0.2) is 78.9 Å². The van der Waals surface area contributed by atoms with Crippen molar-refractivity contribution in [2.45, 2.75) is 19.6 Å². The number of nitrogens with one attached hydrogen (secondary N) is 1. The van der Waals surface area contributed by atoms with E-state index in [1.165, 1.54) is 6.92 Å². The van der Waals surface area contributed by atoms with Gasteiger partial charge in [-0.05, 0) is 61.0 Å². The lowest BCUT2D eigenvalue weighted by molar-refractivity contribution is -0.123. The van der Waals surface area contributed by atoms with Crippen LogP contribution in [0.3, 0.4) is 0 Å². The number of hydrogen-bond acceptors (Lipinski definition) is 5. The number of hydrogen-bond donors (Lipinski definition) is 2. The summed E-state index contributed by atoms with van der Waals surface area (Å²) < 4.78 is 10.9. The van der Waals surface area contributed by atoms with Gasteiger partial charge in [0.15, 0.2) is 6.10 Å². The number of para-hydroxylation sites is 1. The molecule has 0 aliphatic carbocycles. The van der Waals surface area contributed by atoms with Crippen molar-refractivity contribution in [2.75, 3.05) is 5.32 Å². The second kappa shape index (κ2) is 9.52. The summed E-state index contributed by atoms with van der Waals surface area (Å²) in [6.07, 6.45) is -0.972. The molecule has 148 valence electrons. The highest BCUT2D eigenvalue weighted by Crippen LogP contribution is 2.22. The minimum Gasteiger partial charge on any atom is -0.457 e. The maximum atomic E-state index is 12.3. The molecular weight excluding hydrogens is 370 g/mol. The lowest BCUT2D eigenvalue weighted by atomic mass is 10.1. The molecule has 0 saturated carbocycles. The Morgan fingerprint density at radius 1 is 0.897 bits per heavy atom. The van der Waals surface area contributed by atoms with E-state index in [1.807, 2.05) is 30.3 Å². The molecule has 0 radical (unpaired) electrons. The van der Waals surface area contributed by atoms with Gasteiger partial charge in [0, 0.05) is 5.69 Å². The number of esters is 1. The van der Waals surface area contributed by atoms with E-state index in [9.17, 15) is 9.59 Å². The van der Waals surface area contributed by atoms with Crippen LogP contribution >= 0.6 is 0 Å². The van der Waals surface area contributed by atoms with E-state index >= 15 is 0 Å². The van der Waals surface area contributed by atoms with Gasteiger partial charge in [-0.1, -0.05) is 30.3 Å². The van der Waals surface area contributed by atoms with Crippen molar-refractivity contribution in [3.8, 4) is 11.5 Å². The van der Waals surface area contributed by atoms with Crippen molar-refractivity contribution in [1.29, 1.82) is 0 Å². The molecule has 3 aromatic rings. The average Bonchev–Trinajstić information content (AvgIpc) is 2.75. The topological polar surface area (TPSA) is 84.9 Å². The van der Waals surface area contributed by atoms with Gasteiger partial charge >= 0.3 is 5.97 Å². The van der Waals surface area contributed by atoms with Crippen molar-refractivity contribution in [1.82, 2.24) is 0 Å². The monoisotopic (exact) mass is 391 g/mol. The van der Waals surface area contributed by atoms with Crippen molar-refractivity contribution in [3.63, 3.8) is 0 Å². The van der Waals surface area contributed by atoms with Gasteiger partial charge in [-0.2, -0.15) is 0 Å². The van der Waals surface area contributed by atoms with Crippen molar-refractivity contribution >= 4 is 17.6 Å². The number of rotatable bonds is 7. The van der Waals surface area contributed by atoms with E-state index in [4.69, 9.17) is 14.6 Å². The summed E-state index contributed by atoms with van der Waals surface area (Å²) in [6.45, 7) is 1.39. The van der Waals surface area contributed by atoms with Crippen molar-refractivity contribution in [3.05, 3.63) is 90.0 Å². The first-order chi connectivity index (χ1) is 14.0. The van der Waals surface area contributed by atoms with Gasteiger partial charge in [0.05, 0.1) is 12.2 Å². The maximum Gasteiger partial charge on any atom is 0.338 e. The largest absolute Gasteiger partial charge is 0.457 e. The third kappa shape index (κ3) is 5.67. The van der Waals surface area contributed by atoms with E-state index in [0.717, 1.165) is 5.75 Å². The van der Waals surface area contributed by atoms with Crippen LogP contribution in [-0.4, -0.2) is 23.1 Å². The number of aliphatic hydroxyl groups excluding tert-OH is 1. The number of carbonyl (C=O) groups is 2. The molecule has 0 bridgehead atoms. The number of benzene rings is 3.